The van der Waals surface area contributed by atoms with Gasteiger partial charge in [-0.15, -0.1) is 0 Å². The minimum absolute atomic E-state index is 0.168. The van der Waals surface area contributed by atoms with E-state index < -0.39 is 11.1 Å². The third kappa shape index (κ3) is 5.50. The van der Waals surface area contributed by atoms with Gasteiger partial charge in [0.1, 0.15) is 18.9 Å². The van der Waals surface area contributed by atoms with Crippen molar-refractivity contribution in [3.63, 3.8) is 0 Å². The van der Waals surface area contributed by atoms with E-state index in [9.17, 15) is 19.6 Å². The Morgan fingerprint density at radius 2 is 1.97 bits per heavy atom. The number of thioether (sulfide) groups is 1. The van der Waals surface area contributed by atoms with Gasteiger partial charge < -0.3 is 14.4 Å². The van der Waals surface area contributed by atoms with Crippen LogP contribution in [0.4, 0.5) is 4.79 Å². The number of rotatable bonds is 6. The molecule has 0 unspecified atom stereocenters. The average molecular weight is 542 g/mol. The van der Waals surface area contributed by atoms with E-state index in [4.69, 9.17) is 9.47 Å². The number of halogens is 1. The second-order valence-corrected chi connectivity index (χ2v) is 9.41. The first-order chi connectivity index (χ1) is 16.5. The summed E-state index contributed by atoms with van der Waals surface area (Å²) in [6.45, 7) is 1.64. The molecule has 2 aliphatic heterocycles. The van der Waals surface area contributed by atoms with E-state index in [2.05, 4.69) is 22.0 Å². The zero-order valence-electron chi connectivity index (χ0n) is 18.0. The first-order valence-corrected chi connectivity index (χ1v) is 12.1. The molecule has 174 valence electrons. The van der Waals surface area contributed by atoms with E-state index in [0.29, 0.717) is 43.2 Å². The Hall–Kier alpha value is -3.13. The van der Waals surface area contributed by atoms with Crippen molar-refractivity contribution in [3.8, 4) is 11.8 Å². The van der Waals surface area contributed by atoms with Crippen molar-refractivity contribution in [2.24, 2.45) is 0 Å². The first kappa shape index (κ1) is 24.0. The Bertz CT molecular complexity index is 1200. The number of carbonyl (C=O) groups excluding carboxylic acids is 3. The summed E-state index contributed by atoms with van der Waals surface area (Å²) in [5.74, 6) is -0.306. The monoisotopic (exact) mass is 541 g/mol. The number of nitrogens with zero attached hydrogens (tertiary/aromatic N) is 3. The van der Waals surface area contributed by atoms with Crippen molar-refractivity contribution >= 4 is 50.8 Å². The highest BCUT2D eigenvalue weighted by atomic mass is 79.9. The first-order valence-electron chi connectivity index (χ1n) is 10.5. The van der Waals surface area contributed by atoms with Crippen molar-refractivity contribution in [2.75, 3.05) is 32.8 Å². The molecule has 8 nitrogen and oxygen atoms in total. The van der Waals surface area contributed by atoms with Gasteiger partial charge in [-0.3, -0.25) is 19.3 Å². The predicted octanol–water partition coefficient (Wildman–Crippen LogP) is 3.79. The molecule has 2 saturated heterocycles. The number of hydrogen-bond donors (Lipinski definition) is 0. The molecule has 2 aromatic carbocycles. The summed E-state index contributed by atoms with van der Waals surface area (Å²) in [6.07, 6.45) is 1.58. The molecule has 2 aliphatic rings. The fourth-order valence-electron chi connectivity index (χ4n) is 3.50. The quantitative estimate of drug-likeness (QED) is 0.512. The normalized spacial score (nSPS) is 17.2. The summed E-state index contributed by atoms with van der Waals surface area (Å²) in [4.78, 5) is 40.7. The van der Waals surface area contributed by atoms with Crippen LogP contribution < -0.4 is 4.74 Å². The van der Waals surface area contributed by atoms with Crippen LogP contribution in [0.5, 0.6) is 5.75 Å². The van der Waals surface area contributed by atoms with Crippen LogP contribution in [0, 0.1) is 11.3 Å². The number of carbonyl (C=O) groups is 3. The molecule has 0 aliphatic carbocycles. The van der Waals surface area contributed by atoms with Crippen LogP contribution in [-0.4, -0.2) is 59.7 Å². The highest BCUT2D eigenvalue weighted by Crippen LogP contribution is 2.35. The molecule has 0 spiro atoms. The van der Waals surface area contributed by atoms with Crippen LogP contribution in [0.1, 0.15) is 16.7 Å². The highest BCUT2D eigenvalue weighted by Gasteiger charge is 2.37. The average Bonchev–Trinajstić information content (AvgIpc) is 3.11. The smallest absolute Gasteiger partial charge is 0.294 e. The van der Waals surface area contributed by atoms with Crippen LogP contribution in [0.25, 0.3) is 6.08 Å². The lowest BCUT2D eigenvalue weighted by molar-refractivity contribution is -0.139. The summed E-state index contributed by atoms with van der Waals surface area (Å²) in [6, 6.07) is 14.6. The molecule has 10 heteroatoms. The molecular weight excluding hydrogens is 522 g/mol. The number of nitriles is 1. The van der Waals surface area contributed by atoms with Gasteiger partial charge in [-0.1, -0.05) is 34.1 Å². The van der Waals surface area contributed by atoms with Gasteiger partial charge in [0.25, 0.3) is 11.1 Å². The molecule has 4 rings (SSSR count). The molecule has 0 aromatic heterocycles. The molecule has 0 saturated carbocycles. The summed E-state index contributed by atoms with van der Waals surface area (Å²) in [5, 5.41) is 8.80. The minimum atomic E-state index is -0.516. The lowest BCUT2D eigenvalue weighted by atomic mass is 10.1. The Balaban J connectivity index is 1.51. The Morgan fingerprint density at radius 1 is 1.21 bits per heavy atom. The second-order valence-electron chi connectivity index (χ2n) is 7.50. The number of benzene rings is 2. The zero-order valence-corrected chi connectivity index (χ0v) is 20.4. The standard InChI is InChI=1S/C24H20BrN3O5S/c25-19-5-6-20(33-15-17-4-2-1-3-16(17)13-26)18(11-19)12-21-23(30)28(24(31)34-21)14-22(29)27-7-9-32-10-8-27/h1-6,11-12H,7-10,14-15H2/b21-12-. The van der Waals surface area contributed by atoms with Crippen molar-refractivity contribution < 1.29 is 23.9 Å². The lowest BCUT2D eigenvalue weighted by Gasteiger charge is -2.28. The summed E-state index contributed by atoms with van der Waals surface area (Å²) < 4.78 is 12.0. The molecule has 0 atom stereocenters. The molecule has 2 fully saturated rings. The number of hydrogen-bond acceptors (Lipinski definition) is 7. The van der Waals surface area contributed by atoms with E-state index in [-0.39, 0.29) is 24.0 Å². The van der Waals surface area contributed by atoms with Crippen molar-refractivity contribution in [3.05, 3.63) is 68.5 Å². The third-order valence-electron chi connectivity index (χ3n) is 5.31. The van der Waals surface area contributed by atoms with Crippen molar-refractivity contribution in [1.29, 1.82) is 5.26 Å². The van der Waals surface area contributed by atoms with Gasteiger partial charge in [-0.25, -0.2) is 0 Å². The van der Waals surface area contributed by atoms with Crippen molar-refractivity contribution in [2.45, 2.75) is 6.61 Å². The fraction of sp³-hybridized carbons (Fsp3) is 0.250. The van der Waals surface area contributed by atoms with Crippen LogP contribution in [0.15, 0.2) is 51.8 Å². The topological polar surface area (TPSA) is 99.9 Å². The van der Waals surface area contributed by atoms with Crippen molar-refractivity contribution in [1.82, 2.24) is 9.80 Å². The number of morpholine rings is 1. The molecule has 2 heterocycles. The van der Waals surface area contributed by atoms with Gasteiger partial charge >= 0.3 is 0 Å². The van der Waals surface area contributed by atoms with Gasteiger partial charge in [0.2, 0.25) is 5.91 Å². The molecule has 34 heavy (non-hydrogen) atoms. The maximum Gasteiger partial charge on any atom is 0.294 e. The highest BCUT2D eigenvalue weighted by molar-refractivity contribution is 9.10. The molecule has 0 N–H and O–H groups in total. The largest absolute Gasteiger partial charge is 0.488 e. The van der Waals surface area contributed by atoms with E-state index in [0.717, 1.165) is 26.7 Å². The molecule has 0 radical (unpaired) electrons. The maximum absolute atomic E-state index is 12.9. The van der Waals surface area contributed by atoms with Gasteiger partial charge in [-0.05, 0) is 42.1 Å². The van der Waals surface area contributed by atoms with Crippen LogP contribution in [-0.2, 0) is 20.9 Å². The van der Waals surface area contributed by atoms with E-state index >= 15 is 0 Å². The maximum atomic E-state index is 12.9. The van der Waals surface area contributed by atoms with Gasteiger partial charge in [0.05, 0.1) is 29.8 Å². The number of amides is 3. The third-order valence-corrected chi connectivity index (χ3v) is 6.71. The van der Waals surface area contributed by atoms with E-state index in [1.807, 2.05) is 12.1 Å². The number of imide groups is 1. The molecule has 3 amide bonds. The van der Waals surface area contributed by atoms with Crippen LogP contribution >= 0.6 is 27.7 Å². The Kier molecular flexibility index (Phi) is 7.67. The SMILES string of the molecule is N#Cc1ccccc1COc1ccc(Br)cc1/C=C1\SC(=O)N(CC(=O)N2CCOCC2)C1=O. The summed E-state index contributed by atoms with van der Waals surface area (Å²) in [7, 11) is 0. The van der Waals surface area contributed by atoms with Crippen LogP contribution in [0.2, 0.25) is 0 Å². The van der Waals surface area contributed by atoms with Crippen LogP contribution in [0.3, 0.4) is 0 Å². The second kappa shape index (κ2) is 10.9. The van der Waals surface area contributed by atoms with Gasteiger partial charge in [0.15, 0.2) is 0 Å². The fourth-order valence-corrected chi connectivity index (χ4v) is 4.71. The number of ether oxygens (including phenoxy) is 2. The zero-order chi connectivity index (χ0) is 24.1. The van der Waals surface area contributed by atoms with Gasteiger partial charge in [0, 0.05) is 28.7 Å². The molecule has 2 aromatic rings. The summed E-state index contributed by atoms with van der Waals surface area (Å²) >= 11 is 4.21. The summed E-state index contributed by atoms with van der Waals surface area (Å²) in [5.41, 5.74) is 1.85. The Labute approximate surface area is 209 Å². The van der Waals surface area contributed by atoms with E-state index in [1.54, 1.807) is 41.3 Å². The molecule has 0 bridgehead atoms. The lowest BCUT2D eigenvalue weighted by Crippen LogP contribution is -2.46. The minimum Gasteiger partial charge on any atom is -0.488 e. The van der Waals surface area contributed by atoms with E-state index in [1.165, 1.54) is 0 Å². The predicted molar refractivity (Wildman–Crippen MR) is 130 cm³/mol. The van der Waals surface area contributed by atoms with Gasteiger partial charge in [-0.2, -0.15) is 5.26 Å². The Morgan fingerprint density at radius 3 is 2.74 bits per heavy atom. The molecular formula is C24H20BrN3O5S.